The van der Waals surface area contributed by atoms with Crippen LogP contribution < -0.4 is 4.72 Å². The monoisotopic (exact) mass is 442 g/mol. The van der Waals surface area contributed by atoms with Crippen LogP contribution in [0.25, 0.3) is 0 Å². The summed E-state index contributed by atoms with van der Waals surface area (Å²) < 4.78 is 43.3. The molecule has 0 atom stereocenters. The van der Waals surface area contributed by atoms with E-state index in [0.29, 0.717) is 70.5 Å². The van der Waals surface area contributed by atoms with E-state index in [2.05, 4.69) is 9.62 Å². The highest BCUT2D eigenvalue weighted by molar-refractivity contribution is 7.92. The maximum Gasteiger partial charge on any atom is 0.346 e. The number of hydrogen-bond donors (Lipinski definition) is 1. The van der Waals surface area contributed by atoms with E-state index in [9.17, 15) is 13.2 Å². The van der Waals surface area contributed by atoms with Gasteiger partial charge in [0.1, 0.15) is 19.6 Å². The number of sulfonamides is 1. The van der Waals surface area contributed by atoms with Gasteiger partial charge in [-0.1, -0.05) is 6.07 Å². The van der Waals surface area contributed by atoms with Crippen LogP contribution in [0.4, 0.5) is 5.69 Å². The quantitative estimate of drug-likeness (QED) is 0.677. The van der Waals surface area contributed by atoms with E-state index in [1.807, 2.05) is 0 Å². The molecule has 0 aliphatic carbocycles. The normalized spacial score (nSPS) is 27.0. The van der Waals surface area contributed by atoms with Crippen molar-refractivity contribution >= 4 is 21.6 Å². The lowest BCUT2D eigenvalue weighted by molar-refractivity contribution is -0.851. The second kappa shape index (κ2) is 10.7. The van der Waals surface area contributed by atoms with Gasteiger partial charge in [-0.15, -0.1) is 0 Å². The van der Waals surface area contributed by atoms with E-state index >= 15 is 0 Å². The van der Waals surface area contributed by atoms with Gasteiger partial charge in [-0.3, -0.25) is 14.1 Å². The van der Waals surface area contributed by atoms with Crippen molar-refractivity contribution in [3.05, 3.63) is 29.8 Å². The lowest BCUT2D eigenvalue weighted by Crippen LogP contribution is -2.58. The molecular formula is C20H32N3O6S+. The molecule has 0 radical (unpaired) electrons. The minimum absolute atomic E-state index is 0.0845. The molecule has 3 fully saturated rings. The van der Waals surface area contributed by atoms with E-state index < -0.39 is 10.0 Å². The van der Waals surface area contributed by atoms with Crippen LogP contribution in [0.1, 0.15) is 10.4 Å². The second-order valence-electron chi connectivity index (χ2n) is 7.75. The van der Waals surface area contributed by atoms with Crippen LogP contribution >= 0.6 is 0 Å². The molecule has 0 aromatic heterocycles. The van der Waals surface area contributed by atoms with Crippen LogP contribution in [-0.4, -0.2) is 109 Å². The number of hydrogen-bond acceptors (Lipinski definition) is 7. The summed E-state index contributed by atoms with van der Waals surface area (Å²) in [6, 6.07) is 6.62. The van der Waals surface area contributed by atoms with Gasteiger partial charge in [-0.05, 0) is 18.2 Å². The highest BCUT2D eigenvalue weighted by atomic mass is 32.2. The predicted octanol–water partition coefficient (Wildman–Crippen LogP) is 0.394. The number of amides is 1. The van der Waals surface area contributed by atoms with Crippen LogP contribution in [0.3, 0.4) is 0 Å². The Morgan fingerprint density at radius 3 is 1.97 bits per heavy atom. The zero-order valence-corrected chi connectivity index (χ0v) is 18.4. The summed E-state index contributed by atoms with van der Waals surface area (Å²) >= 11 is 0. The number of ether oxygens (including phenoxy) is 3. The Morgan fingerprint density at radius 1 is 0.933 bits per heavy atom. The molecule has 4 rings (SSSR count). The number of anilines is 1. The Labute approximate surface area is 178 Å². The van der Waals surface area contributed by atoms with Crippen molar-refractivity contribution in [3.63, 3.8) is 0 Å². The first-order valence-electron chi connectivity index (χ1n) is 10.3. The lowest BCUT2D eigenvalue weighted by Gasteiger charge is -2.37. The van der Waals surface area contributed by atoms with Gasteiger partial charge in [0.15, 0.2) is 0 Å². The molecule has 1 N–H and O–H groups in total. The van der Waals surface area contributed by atoms with Crippen LogP contribution in [0.5, 0.6) is 0 Å². The Bertz CT molecular complexity index is 780. The van der Waals surface area contributed by atoms with E-state index in [1.165, 1.54) is 0 Å². The third-order valence-electron chi connectivity index (χ3n) is 5.49. The van der Waals surface area contributed by atoms with Crippen LogP contribution in [0.15, 0.2) is 24.3 Å². The molecule has 3 aliphatic heterocycles. The van der Waals surface area contributed by atoms with Gasteiger partial charge in [0.05, 0.1) is 51.5 Å². The topological polar surface area (TPSA) is 94.2 Å². The summed E-state index contributed by atoms with van der Waals surface area (Å²) in [6.45, 7) is 7.12. The van der Waals surface area contributed by atoms with Gasteiger partial charge in [0.25, 0.3) is 0 Å². The number of nitrogens with zero attached hydrogens (tertiary/aromatic N) is 2. The highest BCUT2D eigenvalue weighted by Crippen LogP contribution is 2.20. The molecule has 3 saturated heterocycles. The molecule has 0 spiro atoms. The van der Waals surface area contributed by atoms with Gasteiger partial charge in [0.2, 0.25) is 10.0 Å². The zero-order chi connectivity index (χ0) is 21.5. The predicted molar refractivity (Wildman–Crippen MR) is 113 cm³/mol. The van der Waals surface area contributed by atoms with Crippen LogP contribution in [0, 0.1) is 0 Å². The third-order valence-corrected chi connectivity index (χ3v) is 6.10. The summed E-state index contributed by atoms with van der Waals surface area (Å²) in [4.78, 5) is 16.0. The molecule has 3 heterocycles. The molecular weight excluding hydrogens is 410 g/mol. The fourth-order valence-corrected chi connectivity index (χ4v) is 4.34. The molecule has 9 nitrogen and oxygen atoms in total. The molecule has 1 aromatic rings. The van der Waals surface area contributed by atoms with Gasteiger partial charge < -0.3 is 14.2 Å². The van der Waals surface area contributed by atoms with Gasteiger partial charge in [-0.25, -0.2) is 13.2 Å². The smallest absolute Gasteiger partial charge is 0.346 e. The summed E-state index contributed by atoms with van der Waals surface area (Å²) in [6.07, 6.45) is 1.09. The SMILES string of the molecule is CS(=O)(=O)Nc1cccc(C(=O)[N+]23CCOCCN(CCOCC2)CCOCC3)c1. The fraction of sp³-hybridized carbons (Fsp3) is 0.650. The molecule has 1 amide bonds. The molecule has 0 saturated carbocycles. The van der Waals surface area contributed by atoms with Crippen molar-refractivity contribution in [1.82, 2.24) is 4.90 Å². The Hall–Kier alpha value is -1.56. The number of nitrogens with one attached hydrogen (secondary N) is 1. The maximum absolute atomic E-state index is 13.7. The molecule has 1 aromatic carbocycles. The van der Waals surface area contributed by atoms with Crippen LogP contribution in [-0.2, 0) is 24.2 Å². The van der Waals surface area contributed by atoms with Crippen molar-refractivity contribution in [2.75, 3.05) is 89.9 Å². The first-order chi connectivity index (χ1) is 14.4. The minimum Gasteiger partial charge on any atom is -0.374 e. The maximum atomic E-state index is 13.7. The third kappa shape index (κ3) is 6.73. The van der Waals surface area contributed by atoms with Gasteiger partial charge in [-0.2, -0.15) is 0 Å². The average Bonchev–Trinajstić information content (AvgIpc) is 2.67. The van der Waals surface area contributed by atoms with E-state index in [4.69, 9.17) is 14.2 Å². The molecule has 0 unspecified atom stereocenters. The first-order valence-corrected chi connectivity index (χ1v) is 12.2. The molecule has 2 bridgehead atoms. The first kappa shape index (κ1) is 23.1. The van der Waals surface area contributed by atoms with Crippen molar-refractivity contribution < 1.29 is 31.9 Å². The Morgan fingerprint density at radius 2 is 1.47 bits per heavy atom. The zero-order valence-electron chi connectivity index (χ0n) is 17.5. The number of carbonyl (C=O) groups excluding carboxylic acids is 1. The lowest BCUT2D eigenvalue weighted by atomic mass is 10.1. The minimum atomic E-state index is -3.43. The van der Waals surface area contributed by atoms with Crippen molar-refractivity contribution in [3.8, 4) is 0 Å². The number of quaternary nitrogens is 1. The summed E-state index contributed by atoms with van der Waals surface area (Å²) in [5.41, 5.74) is 0.822. The number of rotatable bonds is 3. The average molecular weight is 443 g/mol. The fourth-order valence-electron chi connectivity index (χ4n) is 3.78. The van der Waals surface area contributed by atoms with E-state index in [0.717, 1.165) is 25.9 Å². The number of carbonyl (C=O) groups is 1. The molecule has 10 heteroatoms. The highest BCUT2D eigenvalue weighted by Gasteiger charge is 2.37. The standard InChI is InChI=1S/C20H32N3O6S/c1-30(25,26)21-19-4-2-3-18(17-19)20(24)23-8-14-27-11-5-22(6-12-28-15-9-23)7-13-29-16-10-23/h2-4,17,21H,5-16H2,1H3/q+1. The summed E-state index contributed by atoms with van der Waals surface area (Å²) in [7, 11) is -3.43. The van der Waals surface area contributed by atoms with Gasteiger partial charge >= 0.3 is 5.91 Å². The van der Waals surface area contributed by atoms with Gasteiger partial charge in [0, 0.05) is 25.3 Å². The van der Waals surface area contributed by atoms with Crippen molar-refractivity contribution in [2.24, 2.45) is 0 Å². The summed E-state index contributed by atoms with van der Waals surface area (Å²) in [5, 5.41) is 0. The number of benzene rings is 1. The summed E-state index contributed by atoms with van der Waals surface area (Å²) in [5.74, 6) is -0.0845. The molecule has 3 aliphatic rings. The molecule has 168 valence electrons. The van der Waals surface area contributed by atoms with E-state index in [1.54, 1.807) is 24.3 Å². The Kier molecular flexibility index (Phi) is 8.20. The van der Waals surface area contributed by atoms with E-state index in [-0.39, 0.29) is 10.4 Å². The second-order valence-corrected chi connectivity index (χ2v) is 9.50. The van der Waals surface area contributed by atoms with Crippen LogP contribution in [0.2, 0.25) is 0 Å². The number of fused-ring (bicyclic) bond motifs is 12. The van der Waals surface area contributed by atoms with Crippen molar-refractivity contribution in [1.29, 1.82) is 0 Å². The largest absolute Gasteiger partial charge is 0.374 e. The molecule has 30 heavy (non-hydrogen) atoms. The van der Waals surface area contributed by atoms with Crippen molar-refractivity contribution in [2.45, 2.75) is 0 Å². The Balaban J connectivity index is 1.87.